The maximum absolute atomic E-state index is 11.8. The summed E-state index contributed by atoms with van der Waals surface area (Å²) in [7, 11) is 0. The Labute approximate surface area is 100 Å². The molecule has 94 valence electrons. The van der Waals surface area contributed by atoms with Crippen molar-refractivity contribution in [2.75, 3.05) is 18.9 Å². The van der Waals surface area contributed by atoms with Crippen LogP contribution in [0.1, 0.15) is 19.8 Å². The minimum absolute atomic E-state index is 0.0684. The van der Waals surface area contributed by atoms with Crippen LogP contribution in [0.25, 0.3) is 0 Å². The number of rotatable bonds is 3. The molecule has 17 heavy (non-hydrogen) atoms. The lowest BCUT2D eigenvalue weighted by molar-refractivity contribution is -0.125. The minimum Gasteiger partial charge on any atom is -0.396 e. The fraction of sp³-hybridized carbons (Fsp3) is 0.636. The monoisotopic (exact) mass is 238 g/mol. The molecule has 1 unspecified atom stereocenters. The van der Waals surface area contributed by atoms with Crippen LogP contribution in [-0.4, -0.2) is 34.4 Å². The largest absolute Gasteiger partial charge is 0.396 e. The lowest BCUT2D eigenvalue weighted by atomic mass is 9.95. The first-order chi connectivity index (χ1) is 8.07. The molecule has 0 aliphatic carbocycles. The minimum atomic E-state index is -0.256. The number of ether oxygens (including phenoxy) is 1. The highest BCUT2D eigenvalue weighted by Crippen LogP contribution is 2.18. The quantitative estimate of drug-likeness (QED) is 0.785. The topological polar surface area (TPSA) is 82.2 Å². The molecule has 1 aliphatic heterocycles. The number of anilines is 1. The van der Waals surface area contributed by atoms with Gasteiger partial charge in [-0.3, -0.25) is 9.48 Å². The van der Waals surface area contributed by atoms with Gasteiger partial charge < -0.3 is 15.8 Å². The first kappa shape index (κ1) is 11.9. The van der Waals surface area contributed by atoms with Crippen molar-refractivity contribution in [3.05, 3.63) is 12.4 Å². The molecular weight excluding hydrogens is 220 g/mol. The molecule has 0 bridgehead atoms. The van der Waals surface area contributed by atoms with E-state index in [1.165, 1.54) is 10.9 Å². The van der Waals surface area contributed by atoms with Gasteiger partial charge in [-0.2, -0.15) is 5.10 Å². The van der Waals surface area contributed by atoms with Crippen molar-refractivity contribution in [3.8, 4) is 0 Å². The van der Waals surface area contributed by atoms with Crippen molar-refractivity contribution in [3.63, 3.8) is 0 Å². The number of aromatic nitrogens is 2. The van der Waals surface area contributed by atoms with Gasteiger partial charge in [0.2, 0.25) is 5.91 Å². The summed E-state index contributed by atoms with van der Waals surface area (Å²) in [6.07, 6.45) is 5.09. The van der Waals surface area contributed by atoms with Crippen LogP contribution < -0.4 is 11.1 Å². The van der Waals surface area contributed by atoms with Gasteiger partial charge in [0.1, 0.15) is 6.54 Å². The number of hydrogen-bond acceptors (Lipinski definition) is 4. The van der Waals surface area contributed by atoms with Crippen LogP contribution in [0.2, 0.25) is 0 Å². The second-order valence-electron chi connectivity index (χ2n) is 4.74. The summed E-state index contributed by atoms with van der Waals surface area (Å²) in [5, 5.41) is 6.96. The molecule has 0 aromatic carbocycles. The van der Waals surface area contributed by atoms with Gasteiger partial charge in [-0.05, 0) is 19.8 Å². The van der Waals surface area contributed by atoms with E-state index in [1.807, 2.05) is 6.92 Å². The normalized spacial score (nSPS) is 24.5. The third-order valence-corrected chi connectivity index (χ3v) is 2.84. The summed E-state index contributed by atoms with van der Waals surface area (Å²) >= 11 is 0. The summed E-state index contributed by atoms with van der Waals surface area (Å²) in [6.45, 7) is 3.54. The standard InChI is InChI=1S/C11H18N4O2/c1-11(3-2-4-17-8-11)14-10(16)7-15-6-9(12)5-13-15/h5-6H,2-4,7-8,12H2,1H3,(H,14,16). The fourth-order valence-electron chi connectivity index (χ4n) is 2.02. The van der Waals surface area contributed by atoms with Crippen LogP contribution in [0.3, 0.4) is 0 Å². The molecule has 1 aromatic heterocycles. The predicted molar refractivity (Wildman–Crippen MR) is 63.2 cm³/mol. The van der Waals surface area contributed by atoms with E-state index >= 15 is 0 Å². The van der Waals surface area contributed by atoms with E-state index < -0.39 is 0 Å². The number of nitrogen functional groups attached to an aromatic ring is 1. The Morgan fingerprint density at radius 2 is 2.59 bits per heavy atom. The Kier molecular flexibility index (Phi) is 3.33. The molecule has 1 fully saturated rings. The Balaban J connectivity index is 1.88. The maximum Gasteiger partial charge on any atom is 0.242 e. The molecule has 2 heterocycles. The molecule has 1 atom stereocenters. The molecule has 6 heteroatoms. The summed E-state index contributed by atoms with van der Waals surface area (Å²) in [6, 6.07) is 0. The summed E-state index contributed by atoms with van der Waals surface area (Å²) in [5.74, 6) is -0.0684. The van der Waals surface area contributed by atoms with Gasteiger partial charge in [0.05, 0.1) is 24.0 Å². The average molecular weight is 238 g/mol. The van der Waals surface area contributed by atoms with Crippen molar-refractivity contribution < 1.29 is 9.53 Å². The first-order valence-electron chi connectivity index (χ1n) is 5.74. The third-order valence-electron chi connectivity index (χ3n) is 2.84. The Bertz CT molecular complexity index is 396. The number of carbonyl (C=O) groups excluding carboxylic acids is 1. The summed E-state index contributed by atoms with van der Waals surface area (Å²) < 4.78 is 6.91. The van der Waals surface area contributed by atoms with Gasteiger partial charge in [0.15, 0.2) is 0 Å². The van der Waals surface area contributed by atoms with Gasteiger partial charge in [-0.1, -0.05) is 0 Å². The lowest BCUT2D eigenvalue weighted by Crippen LogP contribution is -2.52. The summed E-state index contributed by atoms with van der Waals surface area (Å²) in [5.41, 5.74) is 5.83. The number of nitrogens with two attached hydrogens (primary N) is 1. The first-order valence-corrected chi connectivity index (χ1v) is 5.74. The molecule has 1 saturated heterocycles. The number of nitrogens with zero attached hydrogens (tertiary/aromatic N) is 2. The van der Waals surface area contributed by atoms with Crippen molar-refractivity contribution in [2.45, 2.75) is 31.8 Å². The molecule has 0 saturated carbocycles. The van der Waals surface area contributed by atoms with Gasteiger partial charge in [-0.15, -0.1) is 0 Å². The lowest BCUT2D eigenvalue weighted by Gasteiger charge is -2.34. The van der Waals surface area contributed by atoms with E-state index in [0.29, 0.717) is 12.3 Å². The molecule has 1 amide bonds. The fourth-order valence-corrected chi connectivity index (χ4v) is 2.02. The van der Waals surface area contributed by atoms with Crippen LogP contribution in [0, 0.1) is 0 Å². The zero-order valence-electron chi connectivity index (χ0n) is 9.98. The second kappa shape index (κ2) is 4.75. The Morgan fingerprint density at radius 3 is 3.18 bits per heavy atom. The molecular formula is C11H18N4O2. The van der Waals surface area contributed by atoms with Crippen LogP contribution in [0.15, 0.2) is 12.4 Å². The van der Waals surface area contributed by atoms with Crippen LogP contribution >= 0.6 is 0 Å². The average Bonchev–Trinajstić information content (AvgIpc) is 2.63. The Morgan fingerprint density at radius 1 is 1.76 bits per heavy atom. The molecule has 3 N–H and O–H groups in total. The molecule has 0 radical (unpaired) electrons. The van der Waals surface area contributed by atoms with Crippen molar-refractivity contribution in [1.82, 2.24) is 15.1 Å². The van der Waals surface area contributed by atoms with Crippen LogP contribution in [0.4, 0.5) is 5.69 Å². The van der Waals surface area contributed by atoms with E-state index in [0.717, 1.165) is 19.4 Å². The zero-order chi connectivity index (χ0) is 12.3. The van der Waals surface area contributed by atoms with E-state index in [4.69, 9.17) is 10.5 Å². The van der Waals surface area contributed by atoms with Crippen LogP contribution in [0.5, 0.6) is 0 Å². The van der Waals surface area contributed by atoms with Crippen LogP contribution in [-0.2, 0) is 16.1 Å². The molecule has 1 aliphatic rings. The maximum atomic E-state index is 11.8. The number of carbonyl (C=O) groups is 1. The van der Waals surface area contributed by atoms with E-state index in [-0.39, 0.29) is 18.0 Å². The van der Waals surface area contributed by atoms with Gasteiger partial charge in [0.25, 0.3) is 0 Å². The highest BCUT2D eigenvalue weighted by atomic mass is 16.5. The van der Waals surface area contributed by atoms with Gasteiger partial charge in [-0.25, -0.2) is 0 Å². The van der Waals surface area contributed by atoms with E-state index in [9.17, 15) is 4.79 Å². The van der Waals surface area contributed by atoms with E-state index in [2.05, 4.69) is 10.4 Å². The van der Waals surface area contributed by atoms with Gasteiger partial charge in [0, 0.05) is 12.8 Å². The SMILES string of the molecule is CC1(NC(=O)Cn2cc(N)cn2)CCCOC1. The Hall–Kier alpha value is -1.56. The number of hydrogen-bond donors (Lipinski definition) is 2. The second-order valence-corrected chi connectivity index (χ2v) is 4.74. The molecule has 0 spiro atoms. The smallest absolute Gasteiger partial charge is 0.242 e. The molecule has 1 aromatic rings. The van der Waals surface area contributed by atoms with E-state index in [1.54, 1.807) is 6.20 Å². The van der Waals surface area contributed by atoms with Crippen molar-refractivity contribution in [1.29, 1.82) is 0 Å². The highest BCUT2D eigenvalue weighted by molar-refractivity contribution is 5.76. The predicted octanol–water partition coefficient (Wildman–Crippen LogP) is 0.151. The van der Waals surface area contributed by atoms with Crippen molar-refractivity contribution >= 4 is 11.6 Å². The molecule has 2 rings (SSSR count). The van der Waals surface area contributed by atoms with Gasteiger partial charge >= 0.3 is 0 Å². The zero-order valence-corrected chi connectivity index (χ0v) is 9.98. The number of nitrogens with one attached hydrogen (secondary N) is 1. The van der Waals surface area contributed by atoms with Crippen molar-refractivity contribution in [2.24, 2.45) is 0 Å². The summed E-state index contributed by atoms with van der Waals surface area (Å²) in [4.78, 5) is 11.8. The molecule has 6 nitrogen and oxygen atoms in total. The number of amides is 1. The third kappa shape index (κ3) is 3.20. The highest BCUT2D eigenvalue weighted by Gasteiger charge is 2.29.